The highest BCUT2D eigenvalue weighted by atomic mass is 16.5. The summed E-state index contributed by atoms with van der Waals surface area (Å²) in [6.45, 7) is 4.47. The first-order chi connectivity index (χ1) is 8.22. The number of methoxy groups -OCH3 is 1. The molecule has 0 aromatic heterocycles. The van der Waals surface area contributed by atoms with Crippen molar-refractivity contribution in [2.24, 2.45) is 5.92 Å². The fourth-order valence-electron chi connectivity index (χ4n) is 2.84. The lowest BCUT2D eigenvalue weighted by molar-refractivity contribution is 0.209. The van der Waals surface area contributed by atoms with Crippen molar-refractivity contribution in [1.29, 1.82) is 0 Å². The van der Waals surface area contributed by atoms with Gasteiger partial charge in [-0.3, -0.25) is 0 Å². The maximum atomic E-state index is 10.1. The van der Waals surface area contributed by atoms with E-state index in [2.05, 4.69) is 5.32 Å². The number of phenolic OH excluding ortho intramolecular Hbond substituents is 1. The SMILES string of the molecule is COc1cc2c(c(O)c1C)OC[C@H]1CNC[C@@H]21. The van der Waals surface area contributed by atoms with Gasteiger partial charge in [-0.15, -0.1) is 0 Å². The van der Waals surface area contributed by atoms with Crippen LogP contribution < -0.4 is 14.8 Å². The fraction of sp³-hybridized carbons (Fsp3) is 0.538. The molecule has 1 fully saturated rings. The summed E-state index contributed by atoms with van der Waals surface area (Å²) in [7, 11) is 1.63. The fourth-order valence-corrected chi connectivity index (χ4v) is 2.84. The molecule has 0 bridgehead atoms. The molecule has 2 aliphatic rings. The number of fused-ring (bicyclic) bond motifs is 3. The van der Waals surface area contributed by atoms with Crippen LogP contribution in [0, 0.1) is 12.8 Å². The molecule has 4 nitrogen and oxygen atoms in total. The van der Waals surface area contributed by atoms with Crippen LogP contribution in [0.4, 0.5) is 0 Å². The van der Waals surface area contributed by atoms with Gasteiger partial charge >= 0.3 is 0 Å². The highest BCUT2D eigenvalue weighted by molar-refractivity contribution is 5.59. The van der Waals surface area contributed by atoms with Crippen molar-refractivity contribution in [1.82, 2.24) is 5.32 Å². The number of hydrogen-bond acceptors (Lipinski definition) is 4. The van der Waals surface area contributed by atoms with Gasteiger partial charge in [0.25, 0.3) is 0 Å². The molecule has 3 rings (SSSR count). The topological polar surface area (TPSA) is 50.7 Å². The minimum absolute atomic E-state index is 0.227. The average molecular weight is 235 g/mol. The molecule has 0 amide bonds. The summed E-state index contributed by atoms with van der Waals surface area (Å²) in [4.78, 5) is 0. The van der Waals surface area contributed by atoms with Gasteiger partial charge in [-0.25, -0.2) is 0 Å². The molecule has 92 valence electrons. The number of phenols is 1. The van der Waals surface area contributed by atoms with E-state index < -0.39 is 0 Å². The van der Waals surface area contributed by atoms with Crippen molar-refractivity contribution in [2.75, 3.05) is 26.8 Å². The molecule has 0 unspecified atom stereocenters. The third-order valence-corrected chi connectivity index (χ3v) is 3.89. The molecule has 1 aromatic rings. The van der Waals surface area contributed by atoms with E-state index in [1.54, 1.807) is 7.11 Å². The first-order valence-corrected chi connectivity index (χ1v) is 5.96. The number of nitrogens with one attached hydrogen (secondary N) is 1. The number of ether oxygens (including phenoxy) is 2. The minimum Gasteiger partial charge on any atom is -0.504 e. The monoisotopic (exact) mass is 235 g/mol. The van der Waals surface area contributed by atoms with Crippen molar-refractivity contribution in [2.45, 2.75) is 12.8 Å². The summed E-state index contributed by atoms with van der Waals surface area (Å²) >= 11 is 0. The number of aromatic hydroxyl groups is 1. The number of hydrogen-bond donors (Lipinski definition) is 2. The Kier molecular flexibility index (Phi) is 2.40. The van der Waals surface area contributed by atoms with Gasteiger partial charge < -0.3 is 19.9 Å². The molecule has 1 saturated heterocycles. The Morgan fingerprint density at radius 1 is 1.47 bits per heavy atom. The lowest BCUT2D eigenvalue weighted by Gasteiger charge is -2.29. The van der Waals surface area contributed by atoms with Crippen LogP contribution in [0.3, 0.4) is 0 Å². The predicted octanol–water partition coefficient (Wildman–Crippen LogP) is 1.40. The Hall–Kier alpha value is -1.42. The van der Waals surface area contributed by atoms with Gasteiger partial charge in [0.1, 0.15) is 5.75 Å². The van der Waals surface area contributed by atoms with Crippen LogP contribution in [0.5, 0.6) is 17.2 Å². The summed E-state index contributed by atoms with van der Waals surface area (Å²) in [5, 5.41) is 13.5. The van der Waals surface area contributed by atoms with E-state index in [9.17, 15) is 5.11 Å². The number of rotatable bonds is 1. The van der Waals surface area contributed by atoms with E-state index in [0.29, 0.717) is 24.2 Å². The van der Waals surface area contributed by atoms with Crippen molar-refractivity contribution in [3.8, 4) is 17.2 Å². The quantitative estimate of drug-likeness (QED) is 0.772. The Labute approximate surface area is 101 Å². The summed E-state index contributed by atoms with van der Waals surface area (Å²) in [6.07, 6.45) is 0. The van der Waals surface area contributed by atoms with E-state index in [0.717, 1.165) is 30.0 Å². The average Bonchev–Trinajstić information content (AvgIpc) is 2.81. The number of benzene rings is 1. The maximum absolute atomic E-state index is 10.1. The van der Waals surface area contributed by atoms with Gasteiger partial charge in [0.15, 0.2) is 11.5 Å². The van der Waals surface area contributed by atoms with Crippen molar-refractivity contribution in [3.63, 3.8) is 0 Å². The van der Waals surface area contributed by atoms with Crippen LogP contribution in [-0.4, -0.2) is 31.9 Å². The van der Waals surface area contributed by atoms with E-state index in [1.807, 2.05) is 13.0 Å². The summed E-state index contributed by atoms with van der Waals surface area (Å²) in [6, 6.07) is 2.01. The third-order valence-electron chi connectivity index (χ3n) is 3.89. The van der Waals surface area contributed by atoms with E-state index >= 15 is 0 Å². The standard InChI is InChI=1S/C13H17NO3/c1-7-11(16-2)3-9-10-5-14-4-8(10)6-17-13(9)12(7)15/h3,8,10,14-15H,4-6H2,1-2H3/t8-,10-/m1/s1. The van der Waals surface area contributed by atoms with Gasteiger partial charge in [0.05, 0.1) is 13.7 Å². The second-order valence-electron chi connectivity index (χ2n) is 4.81. The van der Waals surface area contributed by atoms with Gasteiger partial charge in [0, 0.05) is 36.1 Å². The zero-order valence-electron chi connectivity index (χ0n) is 10.1. The first kappa shape index (κ1) is 10.7. The first-order valence-electron chi connectivity index (χ1n) is 5.96. The lowest BCUT2D eigenvalue weighted by Crippen LogP contribution is -2.25. The Balaban J connectivity index is 2.14. The second-order valence-corrected chi connectivity index (χ2v) is 4.81. The molecule has 2 atom stereocenters. The second kappa shape index (κ2) is 3.81. The highest BCUT2D eigenvalue weighted by Crippen LogP contribution is 2.47. The maximum Gasteiger partial charge on any atom is 0.165 e. The predicted molar refractivity (Wildman–Crippen MR) is 64.0 cm³/mol. The van der Waals surface area contributed by atoms with Crippen LogP contribution in [0.2, 0.25) is 0 Å². The molecule has 4 heteroatoms. The summed E-state index contributed by atoms with van der Waals surface area (Å²) < 4.78 is 11.0. The van der Waals surface area contributed by atoms with Crippen LogP contribution in [-0.2, 0) is 0 Å². The van der Waals surface area contributed by atoms with Gasteiger partial charge in [0.2, 0.25) is 0 Å². The van der Waals surface area contributed by atoms with Crippen molar-refractivity contribution in [3.05, 3.63) is 17.2 Å². The largest absolute Gasteiger partial charge is 0.504 e. The Morgan fingerprint density at radius 2 is 2.29 bits per heavy atom. The molecular formula is C13H17NO3. The molecule has 0 spiro atoms. The van der Waals surface area contributed by atoms with E-state index in [-0.39, 0.29) is 5.75 Å². The molecular weight excluding hydrogens is 218 g/mol. The van der Waals surface area contributed by atoms with Crippen molar-refractivity contribution >= 4 is 0 Å². The highest BCUT2D eigenvalue weighted by Gasteiger charge is 2.37. The third kappa shape index (κ3) is 1.47. The molecule has 1 aromatic carbocycles. The molecule has 17 heavy (non-hydrogen) atoms. The Bertz CT molecular complexity index is 458. The van der Waals surface area contributed by atoms with Crippen LogP contribution >= 0.6 is 0 Å². The van der Waals surface area contributed by atoms with Gasteiger partial charge in [-0.05, 0) is 13.0 Å². The molecule has 2 heterocycles. The zero-order valence-corrected chi connectivity index (χ0v) is 10.1. The van der Waals surface area contributed by atoms with Crippen molar-refractivity contribution < 1.29 is 14.6 Å². The molecule has 0 radical (unpaired) electrons. The minimum atomic E-state index is 0.227. The molecule has 2 aliphatic heterocycles. The van der Waals surface area contributed by atoms with Crippen LogP contribution in [0.25, 0.3) is 0 Å². The van der Waals surface area contributed by atoms with E-state index in [1.165, 1.54) is 0 Å². The summed E-state index contributed by atoms with van der Waals surface area (Å²) in [5.74, 6) is 2.55. The summed E-state index contributed by atoms with van der Waals surface area (Å²) in [5.41, 5.74) is 1.82. The van der Waals surface area contributed by atoms with Gasteiger partial charge in [-0.1, -0.05) is 0 Å². The lowest BCUT2D eigenvalue weighted by atomic mass is 9.86. The van der Waals surface area contributed by atoms with E-state index in [4.69, 9.17) is 9.47 Å². The smallest absolute Gasteiger partial charge is 0.165 e. The van der Waals surface area contributed by atoms with Crippen LogP contribution in [0.1, 0.15) is 17.0 Å². The molecule has 2 N–H and O–H groups in total. The zero-order chi connectivity index (χ0) is 12.0. The molecule has 0 saturated carbocycles. The normalized spacial score (nSPS) is 26.0. The van der Waals surface area contributed by atoms with Crippen LogP contribution in [0.15, 0.2) is 6.07 Å². The molecule has 0 aliphatic carbocycles. The Morgan fingerprint density at radius 3 is 3.06 bits per heavy atom. The van der Waals surface area contributed by atoms with Gasteiger partial charge in [-0.2, -0.15) is 0 Å².